The minimum Gasteiger partial charge on any atom is -0.236 e. The molecule has 2 heterocycles. The molecular formula is C13H16N2S. The van der Waals surface area contributed by atoms with E-state index in [1.807, 2.05) is 0 Å². The van der Waals surface area contributed by atoms with E-state index in [-0.39, 0.29) is 5.41 Å². The lowest BCUT2D eigenvalue weighted by atomic mass is 9.95. The molecule has 0 spiro atoms. The summed E-state index contributed by atoms with van der Waals surface area (Å²) in [5.41, 5.74) is 1.33. The van der Waals surface area contributed by atoms with Crippen LogP contribution in [0.2, 0.25) is 0 Å². The van der Waals surface area contributed by atoms with Gasteiger partial charge in [-0.15, -0.1) is 11.3 Å². The predicted octanol–water partition coefficient (Wildman–Crippen LogP) is 3.87. The van der Waals surface area contributed by atoms with Crippen molar-refractivity contribution in [2.24, 2.45) is 0 Å². The van der Waals surface area contributed by atoms with E-state index in [4.69, 9.17) is 4.98 Å². The second-order valence-electron chi connectivity index (χ2n) is 5.60. The third-order valence-electron chi connectivity index (χ3n) is 2.99. The van der Waals surface area contributed by atoms with Crippen molar-refractivity contribution in [2.45, 2.75) is 44.9 Å². The SMILES string of the molecule is CC(C)(C)c1nc(C2CC2)c2ccsc2n1. The topological polar surface area (TPSA) is 25.8 Å². The molecular weight excluding hydrogens is 216 g/mol. The molecule has 0 bridgehead atoms. The van der Waals surface area contributed by atoms with Crippen LogP contribution in [-0.2, 0) is 5.41 Å². The number of fused-ring (bicyclic) bond motifs is 1. The van der Waals surface area contributed by atoms with E-state index in [9.17, 15) is 0 Å². The van der Waals surface area contributed by atoms with Gasteiger partial charge in [-0.2, -0.15) is 0 Å². The summed E-state index contributed by atoms with van der Waals surface area (Å²) in [6.07, 6.45) is 2.59. The first kappa shape index (κ1) is 10.2. The lowest BCUT2D eigenvalue weighted by Crippen LogP contribution is -2.16. The fourth-order valence-electron chi connectivity index (χ4n) is 1.88. The fourth-order valence-corrected chi connectivity index (χ4v) is 2.65. The average Bonchev–Trinajstić information content (AvgIpc) is 2.93. The summed E-state index contributed by atoms with van der Waals surface area (Å²) in [4.78, 5) is 10.6. The Morgan fingerprint density at radius 1 is 1.25 bits per heavy atom. The van der Waals surface area contributed by atoms with Crippen LogP contribution in [0.25, 0.3) is 10.2 Å². The van der Waals surface area contributed by atoms with Crippen LogP contribution in [-0.4, -0.2) is 9.97 Å². The van der Waals surface area contributed by atoms with Gasteiger partial charge in [0.15, 0.2) is 0 Å². The summed E-state index contributed by atoms with van der Waals surface area (Å²) in [6, 6.07) is 2.17. The molecule has 0 amide bonds. The third kappa shape index (κ3) is 1.63. The Bertz CT molecular complexity index is 532. The number of aromatic nitrogens is 2. The van der Waals surface area contributed by atoms with Gasteiger partial charge in [0.05, 0.1) is 5.69 Å². The first-order chi connectivity index (χ1) is 7.55. The van der Waals surface area contributed by atoms with Gasteiger partial charge in [-0.3, -0.25) is 0 Å². The van der Waals surface area contributed by atoms with Crippen molar-refractivity contribution in [3.63, 3.8) is 0 Å². The van der Waals surface area contributed by atoms with Crippen LogP contribution in [0.3, 0.4) is 0 Å². The molecule has 1 saturated carbocycles. The van der Waals surface area contributed by atoms with E-state index in [1.165, 1.54) is 23.9 Å². The zero-order chi connectivity index (χ0) is 11.3. The van der Waals surface area contributed by atoms with Crippen molar-refractivity contribution in [3.05, 3.63) is 23.0 Å². The van der Waals surface area contributed by atoms with E-state index in [2.05, 4.69) is 37.2 Å². The van der Waals surface area contributed by atoms with Gasteiger partial charge in [0.25, 0.3) is 0 Å². The summed E-state index contributed by atoms with van der Waals surface area (Å²) in [6.45, 7) is 6.54. The van der Waals surface area contributed by atoms with Crippen molar-refractivity contribution in [1.82, 2.24) is 9.97 Å². The highest BCUT2D eigenvalue weighted by Gasteiger charge is 2.29. The zero-order valence-corrected chi connectivity index (χ0v) is 10.8. The molecule has 0 N–H and O–H groups in total. The monoisotopic (exact) mass is 232 g/mol. The summed E-state index contributed by atoms with van der Waals surface area (Å²) < 4.78 is 0. The van der Waals surface area contributed by atoms with Gasteiger partial charge in [-0.25, -0.2) is 9.97 Å². The number of rotatable bonds is 1. The van der Waals surface area contributed by atoms with Gasteiger partial charge in [0.2, 0.25) is 0 Å². The van der Waals surface area contributed by atoms with Gasteiger partial charge in [-0.05, 0) is 24.3 Å². The largest absolute Gasteiger partial charge is 0.236 e. The van der Waals surface area contributed by atoms with E-state index in [0.29, 0.717) is 5.92 Å². The van der Waals surface area contributed by atoms with Gasteiger partial charge in [-0.1, -0.05) is 20.8 Å². The van der Waals surface area contributed by atoms with E-state index < -0.39 is 0 Å². The molecule has 2 aromatic heterocycles. The van der Waals surface area contributed by atoms with Crippen molar-refractivity contribution < 1.29 is 0 Å². The smallest absolute Gasteiger partial charge is 0.135 e. The second kappa shape index (κ2) is 3.27. The summed E-state index contributed by atoms with van der Waals surface area (Å²) in [7, 11) is 0. The molecule has 1 aliphatic carbocycles. The molecule has 0 aromatic carbocycles. The zero-order valence-electron chi connectivity index (χ0n) is 9.95. The number of thiophene rings is 1. The van der Waals surface area contributed by atoms with E-state index in [0.717, 1.165) is 10.7 Å². The fraction of sp³-hybridized carbons (Fsp3) is 0.538. The van der Waals surface area contributed by atoms with Crippen LogP contribution < -0.4 is 0 Å². The highest BCUT2D eigenvalue weighted by Crippen LogP contribution is 2.43. The normalized spacial score (nSPS) is 16.9. The van der Waals surface area contributed by atoms with Gasteiger partial charge in [0.1, 0.15) is 10.7 Å². The van der Waals surface area contributed by atoms with Crippen molar-refractivity contribution in [2.75, 3.05) is 0 Å². The Labute approximate surface area is 99.7 Å². The average molecular weight is 232 g/mol. The van der Waals surface area contributed by atoms with E-state index in [1.54, 1.807) is 11.3 Å². The van der Waals surface area contributed by atoms with Crippen LogP contribution in [0.4, 0.5) is 0 Å². The first-order valence-electron chi connectivity index (χ1n) is 5.81. The third-order valence-corrected chi connectivity index (χ3v) is 3.80. The highest BCUT2D eigenvalue weighted by atomic mass is 32.1. The van der Waals surface area contributed by atoms with Gasteiger partial charge < -0.3 is 0 Å². The Balaban J connectivity index is 2.24. The molecule has 3 rings (SSSR count). The lowest BCUT2D eigenvalue weighted by molar-refractivity contribution is 0.545. The summed E-state index contributed by atoms with van der Waals surface area (Å²) in [5.74, 6) is 1.69. The molecule has 0 unspecified atom stereocenters. The van der Waals surface area contributed by atoms with Crippen LogP contribution in [0.15, 0.2) is 11.4 Å². The quantitative estimate of drug-likeness (QED) is 0.746. The van der Waals surface area contributed by atoms with Crippen molar-refractivity contribution in [1.29, 1.82) is 0 Å². The second-order valence-corrected chi connectivity index (χ2v) is 6.49. The van der Waals surface area contributed by atoms with E-state index >= 15 is 0 Å². The van der Waals surface area contributed by atoms with Crippen LogP contribution in [0.1, 0.15) is 51.0 Å². The number of hydrogen-bond donors (Lipinski definition) is 0. The maximum atomic E-state index is 4.80. The number of hydrogen-bond acceptors (Lipinski definition) is 3. The minimum absolute atomic E-state index is 0.0435. The Morgan fingerprint density at radius 3 is 2.62 bits per heavy atom. The molecule has 1 fully saturated rings. The Morgan fingerprint density at radius 2 is 2.00 bits per heavy atom. The molecule has 16 heavy (non-hydrogen) atoms. The molecule has 1 aliphatic rings. The van der Waals surface area contributed by atoms with Gasteiger partial charge in [0, 0.05) is 16.7 Å². The van der Waals surface area contributed by atoms with Crippen LogP contribution in [0, 0.1) is 0 Å². The molecule has 2 aromatic rings. The first-order valence-corrected chi connectivity index (χ1v) is 6.69. The molecule has 2 nitrogen and oxygen atoms in total. The Hall–Kier alpha value is -0.960. The maximum Gasteiger partial charge on any atom is 0.135 e. The Kier molecular flexibility index (Phi) is 2.08. The molecule has 0 saturated heterocycles. The molecule has 0 aliphatic heterocycles. The summed E-state index contributed by atoms with van der Waals surface area (Å²) in [5, 5.41) is 3.40. The maximum absolute atomic E-state index is 4.80. The van der Waals surface area contributed by atoms with Crippen LogP contribution in [0.5, 0.6) is 0 Å². The molecule has 0 radical (unpaired) electrons. The van der Waals surface area contributed by atoms with Crippen LogP contribution >= 0.6 is 11.3 Å². The van der Waals surface area contributed by atoms with Crippen molar-refractivity contribution in [3.8, 4) is 0 Å². The summed E-state index contributed by atoms with van der Waals surface area (Å²) >= 11 is 1.73. The van der Waals surface area contributed by atoms with Gasteiger partial charge >= 0.3 is 0 Å². The molecule has 84 valence electrons. The standard InChI is InChI=1S/C13H16N2S/c1-13(2,3)12-14-10(8-4-5-8)9-6-7-16-11(9)15-12/h6-8H,4-5H2,1-3H3. The molecule has 3 heteroatoms. The molecule has 0 atom stereocenters. The number of nitrogens with zero attached hydrogens (tertiary/aromatic N) is 2. The lowest BCUT2D eigenvalue weighted by Gasteiger charge is -2.17. The highest BCUT2D eigenvalue weighted by molar-refractivity contribution is 7.16. The minimum atomic E-state index is 0.0435. The van der Waals surface area contributed by atoms with Crippen molar-refractivity contribution >= 4 is 21.6 Å². The predicted molar refractivity (Wildman–Crippen MR) is 68.1 cm³/mol.